The van der Waals surface area contributed by atoms with Gasteiger partial charge in [0.15, 0.2) is 6.61 Å². The zero-order chi connectivity index (χ0) is 17.8. The molecule has 25 heavy (non-hydrogen) atoms. The summed E-state index contributed by atoms with van der Waals surface area (Å²) in [6.07, 6.45) is 1.38. The van der Waals surface area contributed by atoms with Crippen molar-refractivity contribution in [3.8, 4) is 5.75 Å². The summed E-state index contributed by atoms with van der Waals surface area (Å²) in [6.45, 7) is 2.51. The average molecular weight is 359 g/mol. The molecule has 0 radical (unpaired) electrons. The maximum atomic E-state index is 12.1. The predicted molar refractivity (Wildman–Crippen MR) is 98.3 cm³/mol. The molecule has 2 aromatic rings. The molecule has 0 atom stereocenters. The molecule has 0 saturated carbocycles. The lowest BCUT2D eigenvalue weighted by atomic mass is 10.2. The number of para-hydroxylation sites is 1. The second-order valence-corrected chi connectivity index (χ2v) is 6.32. The molecule has 0 aliphatic carbocycles. The van der Waals surface area contributed by atoms with E-state index in [0.29, 0.717) is 35.1 Å². The molecule has 1 aliphatic heterocycles. The third-order valence-corrected chi connectivity index (χ3v) is 4.35. The van der Waals surface area contributed by atoms with Crippen LogP contribution >= 0.6 is 11.6 Å². The van der Waals surface area contributed by atoms with Gasteiger partial charge < -0.3 is 15.0 Å². The molecule has 3 rings (SSSR count). The van der Waals surface area contributed by atoms with Crippen molar-refractivity contribution in [2.75, 3.05) is 23.4 Å². The van der Waals surface area contributed by atoms with E-state index >= 15 is 0 Å². The highest BCUT2D eigenvalue weighted by molar-refractivity contribution is 6.34. The number of hydrogen-bond acceptors (Lipinski definition) is 3. The van der Waals surface area contributed by atoms with Crippen LogP contribution in [0.2, 0.25) is 5.02 Å². The number of nitrogens with one attached hydrogen (secondary N) is 1. The number of hydrogen-bond donors (Lipinski definition) is 1. The van der Waals surface area contributed by atoms with Crippen molar-refractivity contribution in [1.29, 1.82) is 0 Å². The van der Waals surface area contributed by atoms with E-state index in [1.807, 2.05) is 31.2 Å². The molecule has 1 fully saturated rings. The average Bonchev–Trinajstić information content (AvgIpc) is 3.00. The van der Waals surface area contributed by atoms with Crippen molar-refractivity contribution in [3.05, 3.63) is 53.1 Å². The number of halogens is 1. The quantitative estimate of drug-likeness (QED) is 0.884. The Kier molecular flexibility index (Phi) is 5.24. The summed E-state index contributed by atoms with van der Waals surface area (Å²) < 4.78 is 5.52. The summed E-state index contributed by atoms with van der Waals surface area (Å²) in [5, 5.41) is 3.19. The Bertz CT molecular complexity index is 807. The lowest BCUT2D eigenvalue weighted by molar-refractivity contribution is -0.118. The normalized spacial score (nSPS) is 13.8. The first kappa shape index (κ1) is 17.3. The van der Waals surface area contributed by atoms with Crippen LogP contribution in [0.3, 0.4) is 0 Å². The standard InChI is InChI=1S/C19H19ClN2O3/c1-13-5-2-3-6-17(13)25-12-18(23)21-14-8-9-16(15(20)11-14)22-10-4-7-19(22)24/h2-3,5-6,8-9,11H,4,7,10,12H2,1H3,(H,21,23). The van der Waals surface area contributed by atoms with Gasteiger partial charge in [-0.2, -0.15) is 0 Å². The lowest BCUT2D eigenvalue weighted by Crippen LogP contribution is -2.24. The molecular formula is C19H19ClN2O3. The smallest absolute Gasteiger partial charge is 0.262 e. The van der Waals surface area contributed by atoms with E-state index in [0.717, 1.165) is 12.0 Å². The number of nitrogens with zero attached hydrogens (tertiary/aromatic N) is 1. The van der Waals surface area contributed by atoms with E-state index in [9.17, 15) is 9.59 Å². The monoisotopic (exact) mass is 358 g/mol. The summed E-state index contributed by atoms with van der Waals surface area (Å²) in [7, 11) is 0. The van der Waals surface area contributed by atoms with Crippen LogP contribution in [0.1, 0.15) is 18.4 Å². The van der Waals surface area contributed by atoms with Crippen LogP contribution in [-0.2, 0) is 9.59 Å². The number of amides is 2. The van der Waals surface area contributed by atoms with Crippen LogP contribution in [0.4, 0.5) is 11.4 Å². The second kappa shape index (κ2) is 7.57. The number of carbonyl (C=O) groups excluding carboxylic acids is 2. The summed E-state index contributed by atoms with van der Waals surface area (Å²) in [5.74, 6) is 0.480. The van der Waals surface area contributed by atoms with Crippen molar-refractivity contribution in [2.45, 2.75) is 19.8 Å². The molecule has 2 aromatic carbocycles. The van der Waals surface area contributed by atoms with E-state index in [4.69, 9.17) is 16.3 Å². The fourth-order valence-electron chi connectivity index (χ4n) is 2.77. The van der Waals surface area contributed by atoms with E-state index in [1.54, 1.807) is 23.1 Å². The van der Waals surface area contributed by atoms with Gasteiger partial charge in [-0.1, -0.05) is 29.8 Å². The molecule has 6 heteroatoms. The fraction of sp³-hybridized carbons (Fsp3) is 0.263. The van der Waals surface area contributed by atoms with E-state index < -0.39 is 0 Å². The molecule has 5 nitrogen and oxygen atoms in total. The highest BCUT2D eigenvalue weighted by atomic mass is 35.5. The van der Waals surface area contributed by atoms with Gasteiger partial charge in [-0.25, -0.2) is 0 Å². The molecule has 0 spiro atoms. The van der Waals surface area contributed by atoms with Crippen molar-refractivity contribution in [2.24, 2.45) is 0 Å². The van der Waals surface area contributed by atoms with Crippen LogP contribution in [0, 0.1) is 6.92 Å². The fourth-order valence-corrected chi connectivity index (χ4v) is 3.05. The Morgan fingerprint density at radius 3 is 2.76 bits per heavy atom. The molecule has 1 N–H and O–H groups in total. The molecule has 1 saturated heterocycles. The Morgan fingerprint density at radius 1 is 1.28 bits per heavy atom. The van der Waals surface area contributed by atoms with Crippen LogP contribution in [0.15, 0.2) is 42.5 Å². The Hall–Kier alpha value is -2.53. The third kappa shape index (κ3) is 4.12. The molecule has 0 bridgehead atoms. The van der Waals surface area contributed by atoms with Crippen LogP contribution in [-0.4, -0.2) is 25.0 Å². The van der Waals surface area contributed by atoms with Gasteiger partial charge in [0, 0.05) is 18.7 Å². The SMILES string of the molecule is Cc1ccccc1OCC(=O)Nc1ccc(N2CCCC2=O)c(Cl)c1. The minimum Gasteiger partial charge on any atom is -0.483 e. The molecule has 2 amide bonds. The minimum atomic E-state index is -0.274. The predicted octanol–water partition coefficient (Wildman–Crippen LogP) is 3.79. The number of carbonyl (C=O) groups is 2. The zero-order valence-electron chi connectivity index (χ0n) is 13.9. The van der Waals surface area contributed by atoms with Gasteiger partial charge in [-0.3, -0.25) is 9.59 Å². The van der Waals surface area contributed by atoms with Crippen LogP contribution in [0.25, 0.3) is 0 Å². The molecule has 1 heterocycles. The maximum absolute atomic E-state index is 12.1. The van der Waals surface area contributed by atoms with Crippen molar-refractivity contribution in [3.63, 3.8) is 0 Å². The summed E-state index contributed by atoms with van der Waals surface area (Å²) in [5.41, 5.74) is 2.22. The van der Waals surface area contributed by atoms with E-state index in [1.165, 1.54) is 0 Å². The topological polar surface area (TPSA) is 58.6 Å². The number of anilines is 2. The van der Waals surface area contributed by atoms with Crippen LogP contribution in [0.5, 0.6) is 5.75 Å². The van der Waals surface area contributed by atoms with Crippen molar-refractivity contribution in [1.82, 2.24) is 0 Å². The van der Waals surface area contributed by atoms with Gasteiger partial charge in [0.25, 0.3) is 5.91 Å². The second-order valence-electron chi connectivity index (χ2n) is 5.92. The van der Waals surface area contributed by atoms with Crippen molar-refractivity contribution < 1.29 is 14.3 Å². The van der Waals surface area contributed by atoms with Crippen LogP contribution < -0.4 is 15.0 Å². The third-order valence-electron chi connectivity index (χ3n) is 4.05. The van der Waals surface area contributed by atoms with Gasteiger partial charge in [0.1, 0.15) is 5.75 Å². The molecular weight excluding hydrogens is 340 g/mol. The summed E-state index contributed by atoms with van der Waals surface area (Å²) in [6, 6.07) is 12.7. The highest BCUT2D eigenvalue weighted by Crippen LogP contribution is 2.31. The number of ether oxygens (including phenoxy) is 1. The molecule has 0 aromatic heterocycles. The minimum absolute atomic E-state index is 0.0744. The van der Waals surface area contributed by atoms with Gasteiger partial charge in [-0.15, -0.1) is 0 Å². The van der Waals surface area contributed by atoms with Gasteiger partial charge in [0.05, 0.1) is 10.7 Å². The Morgan fingerprint density at radius 2 is 2.08 bits per heavy atom. The number of rotatable bonds is 5. The highest BCUT2D eigenvalue weighted by Gasteiger charge is 2.23. The first-order chi connectivity index (χ1) is 12.0. The number of benzene rings is 2. The molecule has 0 unspecified atom stereocenters. The first-order valence-corrected chi connectivity index (χ1v) is 8.50. The van der Waals surface area contributed by atoms with Gasteiger partial charge >= 0.3 is 0 Å². The van der Waals surface area contributed by atoms with E-state index in [2.05, 4.69) is 5.32 Å². The Balaban J connectivity index is 1.61. The maximum Gasteiger partial charge on any atom is 0.262 e. The lowest BCUT2D eigenvalue weighted by Gasteiger charge is -2.18. The number of aryl methyl sites for hydroxylation is 1. The first-order valence-electron chi connectivity index (χ1n) is 8.13. The summed E-state index contributed by atoms with van der Waals surface area (Å²) in [4.78, 5) is 25.6. The zero-order valence-corrected chi connectivity index (χ0v) is 14.7. The van der Waals surface area contributed by atoms with E-state index in [-0.39, 0.29) is 18.4 Å². The van der Waals surface area contributed by atoms with Crippen molar-refractivity contribution >= 4 is 34.8 Å². The molecule has 130 valence electrons. The van der Waals surface area contributed by atoms with Gasteiger partial charge in [-0.05, 0) is 43.2 Å². The largest absolute Gasteiger partial charge is 0.483 e. The molecule has 1 aliphatic rings. The summed E-state index contributed by atoms with van der Waals surface area (Å²) >= 11 is 6.28. The van der Waals surface area contributed by atoms with Gasteiger partial charge in [0.2, 0.25) is 5.91 Å². The Labute approximate surface area is 151 Å².